The van der Waals surface area contributed by atoms with Crippen molar-refractivity contribution in [3.63, 3.8) is 0 Å². The summed E-state index contributed by atoms with van der Waals surface area (Å²) in [6.45, 7) is 4.50. The number of Topliss-reactive ketones (excluding diaryl/α,β-unsaturated/α-hetero) is 1. The quantitative estimate of drug-likeness (QED) is 0.538. The summed E-state index contributed by atoms with van der Waals surface area (Å²) in [6.07, 6.45) is 4.56. The molecule has 0 aliphatic carbocycles. The van der Waals surface area contributed by atoms with Gasteiger partial charge in [-0.05, 0) is 61.9 Å². The minimum Gasteiger partial charge on any atom is -0.496 e. The van der Waals surface area contributed by atoms with Crippen LogP contribution in [0.3, 0.4) is 0 Å². The lowest BCUT2D eigenvalue weighted by Gasteiger charge is -2.33. The number of halogens is 1. The molecule has 3 heterocycles. The Morgan fingerprint density at radius 1 is 1.21 bits per heavy atom. The summed E-state index contributed by atoms with van der Waals surface area (Å²) in [5, 5.41) is 0. The minimum absolute atomic E-state index is 0.191. The number of hydrogen-bond acceptors (Lipinski definition) is 5. The molecule has 0 amide bonds. The molecule has 0 saturated carbocycles. The van der Waals surface area contributed by atoms with Gasteiger partial charge in [0, 0.05) is 61.0 Å². The van der Waals surface area contributed by atoms with E-state index in [2.05, 4.69) is 17.0 Å². The summed E-state index contributed by atoms with van der Waals surface area (Å²) < 4.78 is 25.3. The van der Waals surface area contributed by atoms with Crippen LogP contribution in [0.5, 0.6) is 5.75 Å². The van der Waals surface area contributed by atoms with Gasteiger partial charge in [0.25, 0.3) is 0 Å². The van der Waals surface area contributed by atoms with Gasteiger partial charge in [0.05, 0.1) is 13.7 Å². The fourth-order valence-electron chi connectivity index (χ4n) is 5.65. The van der Waals surface area contributed by atoms with Crippen LogP contribution >= 0.6 is 0 Å². The van der Waals surface area contributed by atoms with Crippen LogP contribution < -0.4 is 4.74 Å². The van der Waals surface area contributed by atoms with Gasteiger partial charge in [0.2, 0.25) is 0 Å². The molecule has 0 radical (unpaired) electrons. The molecule has 5 rings (SSSR count). The molecule has 2 aromatic rings. The zero-order valence-electron chi connectivity index (χ0n) is 19.9. The summed E-state index contributed by atoms with van der Waals surface area (Å²) in [6, 6.07) is 11.1. The van der Waals surface area contributed by atoms with Crippen LogP contribution in [0.4, 0.5) is 4.39 Å². The van der Waals surface area contributed by atoms with E-state index in [0.717, 1.165) is 68.8 Å². The Morgan fingerprint density at radius 2 is 2.06 bits per heavy atom. The fourth-order valence-corrected chi connectivity index (χ4v) is 5.65. The highest BCUT2D eigenvalue weighted by Gasteiger charge is 2.28. The second kappa shape index (κ2) is 10.4. The topological polar surface area (TPSA) is 51.1 Å². The van der Waals surface area contributed by atoms with Gasteiger partial charge in [-0.1, -0.05) is 18.2 Å². The SMILES string of the molecule is COc1cccc(F)c1CN1CCC[C@@H](CC(=O)c2ccc3c(c2)C(C2CCOCC2)=NC3)C1. The van der Waals surface area contributed by atoms with E-state index >= 15 is 0 Å². The van der Waals surface area contributed by atoms with E-state index in [0.29, 0.717) is 36.7 Å². The largest absolute Gasteiger partial charge is 0.496 e. The smallest absolute Gasteiger partial charge is 0.163 e. The van der Waals surface area contributed by atoms with E-state index in [9.17, 15) is 9.18 Å². The number of likely N-dealkylation sites (tertiary alicyclic amines) is 1. The number of rotatable bonds is 7. The molecule has 1 atom stereocenters. The van der Waals surface area contributed by atoms with Crippen molar-refractivity contribution in [2.24, 2.45) is 16.8 Å². The summed E-state index contributed by atoms with van der Waals surface area (Å²) in [4.78, 5) is 20.3. The molecule has 34 heavy (non-hydrogen) atoms. The summed E-state index contributed by atoms with van der Waals surface area (Å²) in [5.74, 6) is 1.24. The first-order valence-electron chi connectivity index (χ1n) is 12.4. The van der Waals surface area contributed by atoms with Crippen molar-refractivity contribution in [2.75, 3.05) is 33.4 Å². The van der Waals surface area contributed by atoms with Crippen LogP contribution in [0.1, 0.15) is 59.2 Å². The maximum absolute atomic E-state index is 14.4. The van der Waals surface area contributed by atoms with Gasteiger partial charge < -0.3 is 9.47 Å². The molecular weight excluding hydrogens is 431 g/mol. The monoisotopic (exact) mass is 464 g/mol. The van der Waals surface area contributed by atoms with Gasteiger partial charge in [-0.2, -0.15) is 0 Å². The molecule has 0 unspecified atom stereocenters. The van der Waals surface area contributed by atoms with Gasteiger partial charge in [0.15, 0.2) is 5.78 Å². The van der Waals surface area contributed by atoms with Gasteiger partial charge in [-0.3, -0.25) is 14.7 Å². The first-order chi connectivity index (χ1) is 16.6. The van der Waals surface area contributed by atoms with Gasteiger partial charge in [0.1, 0.15) is 11.6 Å². The number of nitrogens with zero attached hydrogens (tertiary/aromatic N) is 2. The van der Waals surface area contributed by atoms with Gasteiger partial charge in [-0.25, -0.2) is 4.39 Å². The molecule has 5 nitrogen and oxygen atoms in total. The third kappa shape index (κ3) is 4.93. The third-order valence-electron chi connectivity index (χ3n) is 7.49. The number of benzene rings is 2. The van der Waals surface area contributed by atoms with E-state index < -0.39 is 0 Å². The second-order valence-electron chi connectivity index (χ2n) is 9.75. The first-order valence-corrected chi connectivity index (χ1v) is 12.4. The lowest BCUT2D eigenvalue weighted by atomic mass is 9.87. The standard InChI is InChI=1S/C28H33FN2O3/c1-33-27-6-2-5-25(29)24(27)18-31-11-3-4-19(17-31)14-26(32)21-7-8-22-16-30-28(23(22)15-21)20-9-12-34-13-10-20/h2,5-8,15,19-20H,3-4,9-14,16-18H2,1H3/t19-/m0/s1. The summed E-state index contributed by atoms with van der Waals surface area (Å²) >= 11 is 0. The average Bonchev–Trinajstić information content (AvgIpc) is 3.29. The lowest BCUT2D eigenvalue weighted by molar-refractivity contribution is 0.0829. The molecule has 0 spiro atoms. The van der Waals surface area contributed by atoms with Crippen LogP contribution in [0.15, 0.2) is 41.4 Å². The van der Waals surface area contributed by atoms with Crippen LogP contribution in [0, 0.1) is 17.7 Å². The number of methoxy groups -OCH3 is 1. The Morgan fingerprint density at radius 3 is 2.88 bits per heavy atom. The van der Waals surface area contributed by atoms with E-state index in [1.54, 1.807) is 19.2 Å². The molecule has 0 aromatic heterocycles. The van der Waals surface area contributed by atoms with E-state index in [-0.39, 0.29) is 17.5 Å². The number of carbonyl (C=O) groups is 1. The predicted molar refractivity (Wildman–Crippen MR) is 130 cm³/mol. The third-order valence-corrected chi connectivity index (χ3v) is 7.49. The zero-order valence-corrected chi connectivity index (χ0v) is 19.9. The minimum atomic E-state index is -0.238. The van der Waals surface area contributed by atoms with Crippen molar-refractivity contribution in [1.82, 2.24) is 4.90 Å². The van der Waals surface area contributed by atoms with Crippen LogP contribution in [-0.4, -0.2) is 49.8 Å². The molecule has 3 aliphatic rings. The van der Waals surface area contributed by atoms with Crippen LogP contribution in [0.2, 0.25) is 0 Å². The maximum Gasteiger partial charge on any atom is 0.163 e. The summed E-state index contributed by atoms with van der Waals surface area (Å²) in [7, 11) is 1.57. The number of fused-ring (bicyclic) bond motifs is 1. The van der Waals surface area contributed by atoms with Gasteiger partial charge in [-0.15, -0.1) is 0 Å². The van der Waals surface area contributed by atoms with Crippen LogP contribution in [-0.2, 0) is 17.8 Å². The highest BCUT2D eigenvalue weighted by Crippen LogP contribution is 2.31. The van der Waals surface area contributed by atoms with Crippen molar-refractivity contribution < 1.29 is 18.7 Å². The number of ether oxygens (including phenoxy) is 2. The molecule has 2 saturated heterocycles. The molecule has 2 aromatic carbocycles. The number of piperidine rings is 1. The van der Waals surface area contributed by atoms with Crippen molar-refractivity contribution >= 4 is 11.5 Å². The van der Waals surface area contributed by atoms with E-state index in [4.69, 9.17) is 14.5 Å². The second-order valence-corrected chi connectivity index (χ2v) is 9.75. The molecule has 2 fully saturated rings. The molecule has 180 valence electrons. The lowest BCUT2D eigenvalue weighted by Crippen LogP contribution is -2.36. The number of ketones is 1. The molecule has 6 heteroatoms. The number of hydrogen-bond donors (Lipinski definition) is 0. The van der Waals surface area contributed by atoms with Crippen molar-refractivity contribution in [2.45, 2.75) is 45.2 Å². The summed E-state index contributed by atoms with van der Waals surface area (Å²) in [5.41, 5.74) is 4.93. The zero-order chi connectivity index (χ0) is 23.5. The van der Waals surface area contributed by atoms with E-state index in [1.165, 1.54) is 11.6 Å². The highest BCUT2D eigenvalue weighted by atomic mass is 19.1. The fraction of sp³-hybridized carbons (Fsp3) is 0.500. The number of carbonyl (C=O) groups excluding carboxylic acids is 1. The van der Waals surface area contributed by atoms with Crippen molar-refractivity contribution in [3.8, 4) is 5.75 Å². The van der Waals surface area contributed by atoms with E-state index in [1.807, 2.05) is 6.07 Å². The Balaban J connectivity index is 1.24. The Labute approximate surface area is 201 Å². The Bertz CT molecular complexity index is 1080. The number of aliphatic imine (C=N–C) groups is 1. The average molecular weight is 465 g/mol. The molecule has 0 N–H and O–H groups in total. The Hall–Kier alpha value is -2.57. The molecule has 0 bridgehead atoms. The van der Waals surface area contributed by atoms with Crippen molar-refractivity contribution in [1.29, 1.82) is 0 Å². The van der Waals surface area contributed by atoms with Crippen LogP contribution in [0.25, 0.3) is 0 Å². The predicted octanol–water partition coefficient (Wildman–Crippen LogP) is 5.05. The first kappa shape index (κ1) is 23.2. The van der Waals surface area contributed by atoms with Crippen molar-refractivity contribution in [3.05, 3.63) is 64.5 Å². The normalized spacial score (nSPS) is 21.2. The Kier molecular flexibility index (Phi) is 7.07. The van der Waals surface area contributed by atoms with Gasteiger partial charge >= 0.3 is 0 Å². The highest BCUT2D eigenvalue weighted by molar-refractivity contribution is 6.07. The maximum atomic E-state index is 14.4. The molecular formula is C28H33FN2O3. The molecule has 3 aliphatic heterocycles.